The van der Waals surface area contributed by atoms with Crippen LogP contribution in [0.2, 0.25) is 0 Å². The van der Waals surface area contributed by atoms with Crippen molar-refractivity contribution in [3.8, 4) is 5.75 Å². The van der Waals surface area contributed by atoms with Crippen molar-refractivity contribution < 1.29 is 9.53 Å². The maximum Gasteiger partial charge on any atom is 0.221 e. The van der Waals surface area contributed by atoms with Gasteiger partial charge < -0.3 is 4.74 Å². The van der Waals surface area contributed by atoms with E-state index in [1.54, 1.807) is 0 Å². The molecule has 0 radical (unpaired) electrons. The summed E-state index contributed by atoms with van der Waals surface area (Å²) in [7, 11) is 0. The first-order valence-corrected chi connectivity index (χ1v) is 5.39. The topological polar surface area (TPSA) is 26.3 Å². The van der Waals surface area contributed by atoms with Gasteiger partial charge in [-0.2, -0.15) is 0 Å². The van der Waals surface area contributed by atoms with E-state index < -0.39 is 0 Å². The highest BCUT2D eigenvalue weighted by atomic mass is 35.5. The molecule has 0 saturated carbocycles. The molecule has 0 aromatic heterocycles. The van der Waals surface area contributed by atoms with Crippen LogP contribution in [0.1, 0.15) is 25.8 Å². The number of ether oxygens (including phenoxy) is 1. The molecule has 82 valence electrons. The Hall–Kier alpha value is -1.02. The average molecular weight is 227 g/mol. The number of rotatable bonds is 5. The van der Waals surface area contributed by atoms with Gasteiger partial charge >= 0.3 is 0 Å². The number of aryl methyl sites for hydroxylation is 1. The Morgan fingerprint density at radius 2 is 1.93 bits per heavy atom. The van der Waals surface area contributed by atoms with E-state index in [0.717, 1.165) is 11.3 Å². The minimum atomic E-state index is -0.294. The van der Waals surface area contributed by atoms with Crippen molar-refractivity contribution in [2.75, 3.05) is 0 Å². The lowest BCUT2D eigenvalue weighted by atomic mass is 10.1. The predicted molar refractivity (Wildman–Crippen MR) is 61.4 cm³/mol. The van der Waals surface area contributed by atoms with Crippen molar-refractivity contribution in [3.63, 3.8) is 0 Å². The van der Waals surface area contributed by atoms with Gasteiger partial charge in [-0.25, -0.2) is 0 Å². The molecular weight excluding hydrogens is 212 g/mol. The van der Waals surface area contributed by atoms with Crippen LogP contribution in [-0.4, -0.2) is 11.3 Å². The molecule has 1 aromatic rings. The second kappa shape index (κ2) is 5.76. The SMILES string of the molecule is CC(C)Oc1ccc(CCC(=O)Cl)cc1. The molecule has 1 rings (SSSR count). The van der Waals surface area contributed by atoms with Crippen molar-refractivity contribution in [2.24, 2.45) is 0 Å². The molecule has 0 amide bonds. The summed E-state index contributed by atoms with van der Waals surface area (Å²) in [5, 5.41) is -0.294. The summed E-state index contributed by atoms with van der Waals surface area (Å²) in [4.78, 5) is 10.6. The van der Waals surface area contributed by atoms with Gasteiger partial charge in [0, 0.05) is 6.42 Å². The van der Waals surface area contributed by atoms with Crippen LogP contribution in [0.3, 0.4) is 0 Å². The molecule has 0 N–H and O–H groups in total. The van der Waals surface area contributed by atoms with Crippen molar-refractivity contribution in [1.29, 1.82) is 0 Å². The molecule has 0 aliphatic heterocycles. The van der Waals surface area contributed by atoms with Gasteiger partial charge in [-0.05, 0) is 49.6 Å². The van der Waals surface area contributed by atoms with E-state index in [1.807, 2.05) is 38.1 Å². The second-order valence-corrected chi connectivity index (χ2v) is 4.09. The predicted octanol–water partition coefficient (Wildman–Crippen LogP) is 3.17. The van der Waals surface area contributed by atoms with Gasteiger partial charge in [0.1, 0.15) is 5.75 Å². The zero-order valence-electron chi connectivity index (χ0n) is 9.00. The van der Waals surface area contributed by atoms with Gasteiger partial charge in [-0.1, -0.05) is 12.1 Å². The zero-order chi connectivity index (χ0) is 11.3. The van der Waals surface area contributed by atoms with E-state index in [4.69, 9.17) is 16.3 Å². The first-order valence-electron chi connectivity index (χ1n) is 5.02. The van der Waals surface area contributed by atoms with Gasteiger partial charge in [0.25, 0.3) is 0 Å². The fourth-order valence-corrected chi connectivity index (χ4v) is 1.34. The van der Waals surface area contributed by atoms with E-state index in [0.29, 0.717) is 12.8 Å². The van der Waals surface area contributed by atoms with Crippen molar-refractivity contribution in [1.82, 2.24) is 0 Å². The molecule has 0 heterocycles. The molecular formula is C12H15ClO2. The molecule has 3 heteroatoms. The average Bonchev–Trinajstić information content (AvgIpc) is 2.16. The molecule has 0 spiro atoms. The quantitative estimate of drug-likeness (QED) is 0.721. The highest BCUT2D eigenvalue weighted by Crippen LogP contribution is 2.15. The monoisotopic (exact) mass is 226 g/mol. The summed E-state index contributed by atoms with van der Waals surface area (Å²) >= 11 is 5.26. The molecule has 0 bridgehead atoms. The Morgan fingerprint density at radius 1 is 1.33 bits per heavy atom. The van der Waals surface area contributed by atoms with Crippen LogP contribution in [0.15, 0.2) is 24.3 Å². The zero-order valence-corrected chi connectivity index (χ0v) is 9.75. The van der Waals surface area contributed by atoms with E-state index in [1.165, 1.54) is 0 Å². The largest absolute Gasteiger partial charge is 0.491 e. The number of halogens is 1. The Bertz CT molecular complexity index is 317. The molecule has 0 unspecified atom stereocenters. The summed E-state index contributed by atoms with van der Waals surface area (Å²) in [5.74, 6) is 0.853. The Morgan fingerprint density at radius 3 is 2.40 bits per heavy atom. The van der Waals surface area contributed by atoms with Crippen LogP contribution in [0.4, 0.5) is 0 Å². The number of benzene rings is 1. The number of carbonyl (C=O) groups is 1. The van der Waals surface area contributed by atoms with Crippen LogP contribution in [0.25, 0.3) is 0 Å². The maximum absolute atomic E-state index is 10.6. The minimum Gasteiger partial charge on any atom is -0.491 e. The Kier molecular flexibility index (Phi) is 4.63. The normalized spacial score (nSPS) is 10.4. The van der Waals surface area contributed by atoms with Gasteiger partial charge in [0.2, 0.25) is 5.24 Å². The molecule has 0 fully saturated rings. The highest BCUT2D eigenvalue weighted by Gasteiger charge is 2.00. The highest BCUT2D eigenvalue weighted by molar-refractivity contribution is 6.63. The second-order valence-electron chi connectivity index (χ2n) is 3.67. The molecule has 0 atom stereocenters. The number of carbonyl (C=O) groups excluding carboxylic acids is 1. The molecule has 1 aromatic carbocycles. The van der Waals surface area contributed by atoms with Crippen molar-refractivity contribution in [2.45, 2.75) is 32.8 Å². The lowest BCUT2D eigenvalue weighted by molar-refractivity contribution is -0.111. The van der Waals surface area contributed by atoms with Crippen LogP contribution >= 0.6 is 11.6 Å². The van der Waals surface area contributed by atoms with Gasteiger partial charge in [0.15, 0.2) is 0 Å². The summed E-state index contributed by atoms with van der Waals surface area (Å²) in [6.45, 7) is 3.97. The van der Waals surface area contributed by atoms with E-state index >= 15 is 0 Å². The third-order valence-corrected chi connectivity index (χ3v) is 2.09. The van der Waals surface area contributed by atoms with Crippen LogP contribution in [0.5, 0.6) is 5.75 Å². The lowest BCUT2D eigenvalue weighted by Gasteiger charge is -2.09. The summed E-state index contributed by atoms with van der Waals surface area (Å²) in [6, 6.07) is 7.73. The fraction of sp³-hybridized carbons (Fsp3) is 0.417. The van der Waals surface area contributed by atoms with Crippen LogP contribution in [-0.2, 0) is 11.2 Å². The van der Waals surface area contributed by atoms with Crippen LogP contribution in [0, 0.1) is 0 Å². The molecule has 0 saturated heterocycles. The van der Waals surface area contributed by atoms with Crippen molar-refractivity contribution in [3.05, 3.63) is 29.8 Å². The van der Waals surface area contributed by atoms with E-state index in [2.05, 4.69) is 0 Å². The fourth-order valence-electron chi connectivity index (χ4n) is 1.25. The first kappa shape index (κ1) is 12.1. The smallest absolute Gasteiger partial charge is 0.221 e. The lowest BCUT2D eigenvalue weighted by Crippen LogP contribution is -2.05. The molecule has 15 heavy (non-hydrogen) atoms. The molecule has 0 aliphatic carbocycles. The minimum absolute atomic E-state index is 0.181. The maximum atomic E-state index is 10.6. The third kappa shape index (κ3) is 4.84. The first-order chi connectivity index (χ1) is 7.08. The van der Waals surface area contributed by atoms with Gasteiger partial charge in [-0.15, -0.1) is 0 Å². The molecule has 2 nitrogen and oxygen atoms in total. The summed E-state index contributed by atoms with van der Waals surface area (Å²) in [6.07, 6.45) is 1.25. The van der Waals surface area contributed by atoms with Gasteiger partial charge in [0.05, 0.1) is 6.10 Å². The standard InChI is InChI=1S/C12H15ClO2/c1-9(2)15-11-6-3-10(4-7-11)5-8-12(13)14/h3-4,6-7,9H,5,8H2,1-2H3. The van der Waals surface area contributed by atoms with E-state index in [-0.39, 0.29) is 11.3 Å². The molecule has 0 aliphatic rings. The van der Waals surface area contributed by atoms with Crippen molar-refractivity contribution >= 4 is 16.8 Å². The van der Waals surface area contributed by atoms with Gasteiger partial charge in [-0.3, -0.25) is 4.79 Å². The Labute approximate surface area is 95.2 Å². The third-order valence-electron chi connectivity index (χ3n) is 1.91. The Balaban J connectivity index is 2.52. The van der Waals surface area contributed by atoms with Crippen LogP contribution < -0.4 is 4.74 Å². The van der Waals surface area contributed by atoms with E-state index in [9.17, 15) is 4.79 Å². The number of hydrogen-bond acceptors (Lipinski definition) is 2. The summed E-state index contributed by atoms with van der Waals surface area (Å²) in [5.41, 5.74) is 1.10. The summed E-state index contributed by atoms with van der Waals surface area (Å²) < 4.78 is 5.50. The number of hydrogen-bond donors (Lipinski definition) is 0.